The number of ketones is 1. The Bertz CT molecular complexity index is 678. The molecule has 0 radical (unpaired) electrons. The Morgan fingerprint density at radius 3 is 2.45 bits per heavy atom. The predicted octanol–water partition coefficient (Wildman–Crippen LogP) is 3.63. The number of nitro groups is 1. The summed E-state index contributed by atoms with van der Waals surface area (Å²) in [6, 6.07) is 11.1. The van der Waals surface area contributed by atoms with Gasteiger partial charge in [-0.1, -0.05) is 18.2 Å². The van der Waals surface area contributed by atoms with Crippen molar-refractivity contribution >= 4 is 17.5 Å². The summed E-state index contributed by atoms with van der Waals surface area (Å²) in [5.41, 5.74) is 0.833. The van der Waals surface area contributed by atoms with Crippen molar-refractivity contribution in [3.8, 4) is 0 Å². The quantitative estimate of drug-likeness (QED) is 0.369. The average molecular weight is 271 g/mol. The molecule has 20 heavy (non-hydrogen) atoms. The summed E-state index contributed by atoms with van der Waals surface area (Å²) < 4.78 is 13.0. The van der Waals surface area contributed by atoms with Crippen LogP contribution in [0.3, 0.4) is 0 Å². The zero-order valence-corrected chi connectivity index (χ0v) is 10.3. The molecule has 0 fully saturated rings. The maximum Gasteiger partial charge on any atom is 0.269 e. The van der Waals surface area contributed by atoms with E-state index in [1.54, 1.807) is 12.1 Å². The van der Waals surface area contributed by atoms with Gasteiger partial charge in [-0.3, -0.25) is 14.9 Å². The third kappa shape index (κ3) is 3.35. The summed E-state index contributed by atoms with van der Waals surface area (Å²) in [5.74, 6) is -0.681. The summed E-state index contributed by atoms with van der Waals surface area (Å²) in [7, 11) is 0. The van der Waals surface area contributed by atoms with Gasteiger partial charge in [-0.05, 0) is 35.9 Å². The summed E-state index contributed by atoms with van der Waals surface area (Å²) in [6.45, 7) is 0. The van der Waals surface area contributed by atoms with Gasteiger partial charge in [-0.2, -0.15) is 0 Å². The summed E-state index contributed by atoms with van der Waals surface area (Å²) >= 11 is 0. The lowest BCUT2D eigenvalue weighted by molar-refractivity contribution is -0.384. The second-order valence-electron chi connectivity index (χ2n) is 4.06. The van der Waals surface area contributed by atoms with E-state index in [1.165, 1.54) is 48.6 Å². The number of allylic oxidation sites excluding steroid dienone is 1. The van der Waals surface area contributed by atoms with Crippen molar-refractivity contribution in [3.63, 3.8) is 0 Å². The van der Waals surface area contributed by atoms with Crippen LogP contribution in [0.25, 0.3) is 6.08 Å². The molecule has 2 aromatic rings. The van der Waals surface area contributed by atoms with E-state index in [4.69, 9.17) is 0 Å². The Balaban J connectivity index is 2.13. The number of halogens is 1. The molecule has 0 heterocycles. The second kappa shape index (κ2) is 5.88. The zero-order chi connectivity index (χ0) is 14.5. The maximum absolute atomic E-state index is 13.0. The first-order chi connectivity index (χ1) is 9.56. The topological polar surface area (TPSA) is 60.2 Å². The SMILES string of the molecule is O=C(C=Cc1cccc(F)c1)c1ccc([N+](=O)[O-])cc1. The lowest BCUT2D eigenvalue weighted by atomic mass is 10.1. The number of carbonyl (C=O) groups is 1. The van der Waals surface area contributed by atoms with E-state index in [9.17, 15) is 19.3 Å². The van der Waals surface area contributed by atoms with Crippen LogP contribution in [0.15, 0.2) is 54.6 Å². The Kier molecular flexibility index (Phi) is 4.00. The molecule has 2 rings (SSSR count). The van der Waals surface area contributed by atoms with Gasteiger partial charge in [0.2, 0.25) is 0 Å². The molecule has 0 amide bonds. The van der Waals surface area contributed by atoms with E-state index in [0.717, 1.165) is 0 Å². The number of non-ortho nitro benzene ring substituents is 1. The van der Waals surface area contributed by atoms with Gasteiger partial charge in [0.25, 0.3) is 5.69 Å². The number of rotatable bonds is 4. The van der Waals surface area contributed by atoms with Crippen molar-refractivity contribution < 1.29 is 14.1 Å². The number of carbonyl (C=O) groups excluding carboxylic acids is 1. The molecule has 0 aliphatic carbocycles. The van der Waals surface area contributed by atoms with Crippen LogP contribution in [0.5, 0.6) is 0 Å². The minimum Gasteiger partial charge on any atom is -0.289 e. The maximum atomic E-state index is 13.0. The summed E-state index contributed by atoms with van der Waals surface area (Å²) in [6.07, 6.45) is 2.79. The van der Waals surface area contributed by atoms with E-state index in [0.29, 0.717) is 11.1 Å². The number of nitro benzene ring substituents is 1. The Hall–Kier alpha value is -2.82. The van der Waals surface area contributed by atoms with Gasteiger partial charge in [-0.25, -0.2) is 4.39 Å². The third-order valence-corrected chi connectivity index (χ3v) is 2.64. The molecule has 0 saturated carbocycles. The molecule has 4 nitrogen and oxygen atoms in total. The van der Waals surface area contributed by atoms with E-state index in [1.807, 2.05) is 0 Å². The normalized spacial score (nSPS) is 10.7. The standard InChI is InChI=1S/C15H10FNO3/c16-13-3-1-2-11(10-13)4-9-15(18)12-5-7-14(8-6-12)17(19)20/h1-10H. The van der Waals surface area contributed by atoms with Gasteiger partial charge < -0.3 is 0 Å². The van der Waals surface area contributed by atoms with Crippen molar-refractivity contribution in [2.24, 2.45) is 0 Å². The van der Waals surface area contributed by atoms with E-state index >= 15 is 0 Å². The van der Waals surface area contributed by atoms with Crippen molar-refractivity contribution in [2.45, 2.75) is 0 Å². The van der Waals surface area contributed by atoms with Gasteiger partial charge in [0.1, 0.15) is 5.82 Å². The molecular weight excluding hydrogens is 261 g/mol. The van der Waals surface area contributed by atoms with Gasteiger partial charge in [0, 0.05) is 17.7 Å². The van der Waals surface area contributed by atoms with Crippen LogP contribution in [-0.2, 0) is 0 Å². The Labute approximate surface area is 114 Å². The van der Waals surface area contributed by atoms with Gasteiger partial charge in [0.05, 0.1) is 4.92 Å². The fourth-order valence-corrected chi connectivity index (χ4v) is 1.63. The molecule has 0 unspecified atom stereocenters. The Morgan fingerprint density at radius 2 is 1.85 bits per heavy atom. The van der Waals surface area contributed by atoms with Crippen LogP contribution in [-0.4, -0.2) is 10.7 Å². The highest BCUT2D eigenvalue weighted by Crippen LogP contribution is 2.13. The van der Waals surface area contributed by atoms with Crippen LogP contribution in [0.4, 0.5) is 10.1 Å². The third-order valence-electron chi connectivity index (χ3n) is 2.64. The van der Waals surface area contributed by atoms with Gasteiger partial charge >= 0.3 is 0 Å². The molecule has 5 heteroatoms. The van der Waals surface area contributed by atoms with Crippen molar-refractivity contribution in [3.05, 3.63) is 81.7 Å². The van der Waals surface area contributed by atoms with Crippen LogP contribution in [0.1, 0.15) is 15.9 Å². The highest BCUT2D eigenvalue weighted by Gasteiger charge is 2.07. The highest BCUT2D eigenvalue weighted by atomic mass is 19.1. The molecule has 2 aromatic carbocycles. The lowest BCUT2D eigenvalue weighted by Gasteiger charge is -1.96. The number of nitrogens with zero attached hydrogens (tertiary/aromatic N) is 1. The molecule has 0 N–H and O–H groups in total. The monoisotopic (exact) mass is 271 g/mol. The second-order valence-corrected chi connectivity index (χ2v) is 4.06. The number of hydrogen-bond donors (Lipinski definition) is 0. The Morgan fingerprint density at radius 1 is 1.15 bits per heavy atom. The molecule has 0 atom stereocenters. The fourth-order valence-electron chi connectivity index (χ4n) is 1.63. The number of hydrogen-bond acceptors (Lipinski definition) is 3. The molecular formula is C15H10FNO3. The number of benzene rings is 2. The van der Waals surface area contributed by atoms with E-state index < -0.39 is 4.92 Å². The van der Waals surface area contributed by atoms with E-state index in [2.05, 4.69) is 0 Å². The van der Waals surface area contributed by atoms with Crippen LogP contribution in [0.2, 0.25) is 0 Å². The average Bonchev–Trinajstić information content (AvgIpc) is 2.45. The van der Waals surface area contributed by atoms with E-state index in [-0.39, 0.29) is 17.3 Å². The zero-order valence-electron chi connectivity index (χ0n) is 10.3. The lowest BCUT2D eigenvalue weighted by Crippen LogP contribution is -1.95. The molecule has 0 spiro atoms. The fraction of sp³-hybridized carbons (Fsp3) is 0. The first-order valence-corrected chi connectivity index (χ1v) is 5.79. The van der Waals surface area contributed by atoms with Crippen molar-refractivity contribution in [2.75, 3.05) is 0 Å². The van der Waals surface area contributed by atoms with Crippen molar-refractivity contribution in [1.82, 2.24) is 0 Å². The first-order valence-electron chi connectivity index (χ1n) is 5.79. The highest BCUT2D eigenvalue weighted by molar-refractivity contribution is 6.06. The minimum atomic E-state index is -0.531. The van der Waals surface area contributed by atoms with Crippen LogP contribution >= 0.6 is 0 Å². The smallest absolute Gasteiger partial charge is 0.269 e. The first kappa shape index (κ1) is 13.6. The molecule has 0 aromatic heterocycles. The summed E-state index contributed by atoms with van der Waals surface area (Å²) in [4.78, 5) is 21.8. The largest absolute Gasteiger partial charge is 0.289 e. The molecule has 100 valence electrons. The van der Waals surface area contributed by atoms with Crippen LogP contribution < -0.4 is 0 Å². The summed E-state index contributed by atoms with van der Waals surface area (Å²) in [5, 5.41) is 10.5. The molecule has 0 bridgehead atoms. The van der Waals surface area contributed by atoms with Crippen LogP contribution in [0, 0.1) is 15.9 Å². The van der Waals surface area contributed by atoms with Gasteiger partial charge in [-0.15, -0.1) is 0 Å². The predicted molar refractivity (Wildman–Crippen MR) is 72.9 cm³/mol. The molecule has 0 saturated heterocycles. The molecule has 0 aliphatic heterocycles. The van der Waals surface area contributed by atoms with Gasteiger partial charge in [0.15, 0.2) is 5.78 Å². The molecule has 0 aliphatic rings. The minimum absolute atomic E-state index is 0.0735. The van der Waals surface area contributed by atoms with Crippen molar-refractivity contribution in [1.29, 1.82) is 0 Å².